The maximum absolute atomic E-state index is 13.4. The number of carboxylic acid groups (broad SMARTS) is 1. The summed E-state index contributed by atoms with van der Waals surface area (Å²) in [4.78, 5) is 29.0. The minimum atomic E-state index is -0.859. The number of rotatable bonds is 12. The van der Waals surface area contributed by atoms with E-state index < -0.39 is 5.97 Å². The molecule has 0 spiro atoms. The standard InChI is InChI=1S/C32H38N2O.C9H10O2/c1-4-7-13-27-21-29-30(22-28(32(27)35)14-8-5-2)34(31(33-29)12-6-3)23-24-17-19-26(20-18-24)25-15-10-9-11-16-25;1-6-3-4-8(9(10)11)7(2)5-6/h9-11,15-22H,4-8,12-14,23H2,1-3H3;3-5H,1-2H3,(H,10,11). The topological polar surface area (TPSA) is 72.2 Å². The molecule has 0 saturated carbocycles. The normalized spacial score (nSPS) is 10.9. The molecule has 0 aliphatic heterocycles. The molecule has 240 valence electrons. The van der Waals surface area contributed by atoms with Crippen LogP contribution in [0.15, 0.2) is 89.7 Å². The molecule has 0 aliphatic rings. The van der Waals surface area contributed by atoms with Crippen molar-refractivity contribution in [2.45, 2.75) is 92.5 Å². The van der Waals surface area contributed by atoms with E-state index in [1.807, 2.05) is 19.1 Å². The van der Waals surface area contributed by atoms with Gasteiger partial charge >= 0.3 is 5.97 Å². The Morgan fingerprint density at radius 2 is 1.37 bits per heavy atom. The van der Waals surface area contributed by atoms with Crippen molar-refractivity contribution in [2.75, 3.05) is 0 Å². The second kappa shape index (κ2) is 16.7. The summed E-state index contributed by atoms with van der Waals surface area (Å²) < 4.78 is 2.34. The number of hydrogen-bond donors (Lipinski definition) is 1. The fourth-order valence-corrected chi connectivity index (χ4v) is 5.83. The number of aromatic nitrogens is 2. The Balaban J connectivity index is 0.000000369. The Labute approximate surface area is 274 Å². The molecule has 1 N–H and O–H groups in total. The zero-order chi connectivity index (χ0) is 33.1. The van der Waals surface area contributed by atoms with E-state index in [1.165, 1.54) is 16.7 Å². The van der Waals surface area contributed by atoms with Gasteiger partial charge in [-0.15, -0.1) is 0 Å². The minimum Gasteiger partial charge on any atom is -0.478 e. The molecule has 0 radical (unpaired) electrons. The molecule has 0 amide bonds. The molecule has 5 heteroatoms. The highest BCUT2D eigenvalue weighted by molar-refractivity contribution is 5.89. The van der Waals surface area contributed by atoms with Gasteiger partial charge < -0.3 is 9.67 Å². The first kappa shape index (κ1) is 34.4. The molecule has 0 bridgehead atoms. The molecule has 0 unspecified atom stereocenters. The molecule has 5 nitrogen and oxygen atoms in total. The van der Waals surface area contributed by atoms with Gasteiger partial charge in [0.2, 0.25) is 0 Å². The lowest BCUT2D eigenvalue weighted by Gasteiger charge is -2.10. The average Bonchev–Trinajstić information content (AvgIpc) is 3.29. The summed E-state index contributed by atoms with van der Waals surface area (Å²) in [6.45, 7) is 11.1. The molecule has 0 atom stereocenters. The van der Waals surface area contributed by atoms with Crippen molar-refractivity contribution in [2.24, 2.45) is 0 Å². The van der Waals surface area contributed by atoms with E-state index in [0.29, 0.717) is 5.56 Å². The van der Waals surface area contributed by atoms with Crippen molar-refractivity contribution >= 4 is 17.0 Å². The highest BCUT2D eigenvalue weighted by Gasteiger charge is 2.15. The van der Waals surface area contributed by atoms with Crippen molar-refractivity contribution in [3.05, 3.63) is 134 Å². The number of carbonyl (C=O) groups is 1. The van der Waals surface area contributed by atoms with Gasteiger partial charge in [0.25, 0.3) is 0 Å². The van der Waals surface area contributed by atoms with Crippen LogP contribution in [0.1, 0.15) is 96.9 Å². The van der Waals surface area contributed by atoms with Crippen LogP contribution in [-0.4, -0.2) is 20.6 Å². The molecule has 0 fully saturated rings. The van der Waals surface area contributed by atoms with Crippen LogP contribution >= 0.6 is 0 Å². The number of aromatic carboxylic acids is 1. The van der Waals surface area contributed by atoms with E-state index in [1.54, 1.807) is 19.1 Å². The number of nitrogens with zero attached hydrogens (tertiary/aromatic N) is 2. The number of imidazole rings is 1. The number of fused-ring (bicyclic) bond motifs is 1. The molecule has 5 aromatic rings. The van der Waals surface area contributed by atoms with Crippen molar-refractivity contribution in [3.8, 4) is 11.1 Å². The van der Waals surface area contributed by atoms with Crippen LogP contribution in [0.5, 0.6) is 0 Å². The Hall–Kier alpha value is -4.51. The van der Waals surface area contributed by atoms with Crippen molar-refractivity contribution in [3.63, 3.8) is 0 Å². The SMILES string of the molecule is CCCCc1cc2nc(CCC)n(Cc3ccc(-c4ccccc4)cc3)c2cc(CCCC)c1=O.Cc1ccc(C(=O)O)c(C)c1. The van der Waals surface area contributed by atoms with Crippen LogP contribution in [0.3, 0.4) is 0 Å². The average molecular weight is 617 g/mol. The van der Waals surface area contributed by atoms with Crippen LogP contribution in [0.2, 0.25) is 0 Å². The molecule has 5 rings (SSSR count). The van der Waals surface area contributed by atoms with Gasteiger partial charge in [0, 0.05) is 24.1 Å². The Kier molecular flexibility index (Phi) is 12.5. The summed E-state index contributed by atoms with van der Waals surface area (Å²) in [6.07, 6.45) is 7.86. The van der Waals surface area contributed by atoms with E-state index in [-0.39, 0.29) is 5.43 Å². The van der Waals surface area contributed by atoms with Crippen LogP contribution in [0, 0.1) is 13.8 Å². The van der Waals surface area contributed by atoms with E-state index in [2.05, 4.69) is 86.0 Å². The van der Waals surface area contributed by atoms with E-state index in [9.17, 15) is 9.59 Å². The second-order valence-corrected chi connectivity index (χ2v) is 12.2. The summed E-state index contributed by atoms with van der Waals surface area (Å²) in [6, 6.07) is 28.9. The molecule has 4 aromatic carbocycles. The Morgan fingerprint density at radius 3 is 1.96 bits per heavy atom. The van der Waals surface area contributed by atoms with Crippen molar-refractivity contribution < 1.29 is 9.90 Å². The lowest BCUT2D eigenvalue weighted by molar-refractivity contribution is 0.0696. The van der Waals surface area contributed by atoms with Gasteiger partial charge in [-0.25, -0.2) is 9.78 Å². The third kappa shape index (κ3) is 8.81. The number of carboxylic acids is 1. The number of benzene rings is 3. The van der Waals surface area contributed by atoms with Crippen molar-refractivity contribution in [1.29, 1.82) is 0 Å². The van der Waals surface area contributed by atoms with Crippen LogP contribution < -0.4 is 5.43 Å². The summed E-state index contributed by atoms with van der Waals surface area (Å²) in [5.41, 5.74) is 10.1. The zero-order valence-electron chi connectivity index (χ0n) is 28.1. The first-order chi connectivity index (χ1) is 22.2. The van der Waals surface area contributed by atoms with E-state index >= 15 is 0 Å². The van der Waals surface area contributed by atoms with Crippen LogP contribution in [-0.2, 0) is 25.8 Å². The fraction of sp³-hybridized carbons (Fsp3) is 0.341. The summed E-state index contributed by atoms with van der Waals surface area (Å²) in [7, 11) is 0. The van der Waals surface area contributed by atoms with Gasteiger partial charge in [0.1, 0.15) is 5.82 Å². The highest BCUT2D eigenvalue weighted by Crippen LogP contribution is 2.24. The van der Waals surface area contributed by atoms with Crippen LogP contribution in [0.25, 0.3) is 22.2 Å². The fourth-order valence-electron chi connectivity index (χ4n) is 5.83. The predicted molar refractivity (Wildman–Crippen MR) is 191 cm³/mol. The van der Waals surface area contributed by atoms with Gasteiger partial charge in [0.05, 0.1) is 16.6 Å². The maximum Gasteiger partial charge on any atom is 0.335 e. The molecule has 0 aliphatic carbocycles. The number of unbranched alkanes of at least 4 members (excludes halogenated alkanes) is 2. The third-order valence-electron chi connectivity index (χ3n) is 8.41. The number of aryl methyl sites for hydroxylation is 5. The quantitative estimate of drug-likeness (QED) is 0.151. The van der Waals surface area contributed by atoms with Gasteiger partial charge in [-0.05, 0) is 86.4 Å². The lowest BCUT2D eigenvalue weighted by atomic mass is 10.0. The maximum atomic E-state index is 13.4. The first-order valence-electron chi connectivity index (χ1n) is 16.8. The van der Waals surface area contributed by atoms with E-state index in [4.69, 9.17) is 10.1 Å². The third-order valence-corrected chi connectivity index (χ3v) is 8.41. The monoisotopic (exact) mass is 616 g/mol. The van der Waals surface area contributed by atoms with Gasteiger partial charge in [0.15, 0.2) is 5.43 Å². The van der Waals surface area contributed by atoms with E-state index in [0.717, 1.165) is 97.0 Å². The molecular formula is C41H48N2O3. The Bertz CT molecular complexity index is 1800. The van der Waals surface area contributed by atoms with Crippen LogP contribution in [0.4, 0.5) is 0 Å². The molecule has 46 heavy (non-hydrogen) atoms. The minimum absolute atomic E-state index is 0.223. The molecule has 0 saturated heterocycles. The number of hydrogen-bond acceptors (Lipinski definition) is 3. The zero-order valence-corrected chi connectivity index (χ0v) is 28.1. The summed E-state index contributed by atoms with van der Waals surface area (Å²) in [5.74, 6) is 0.249. The molecule has 1 aromatic heterocycles. The second-order valence-electron chi connectivity index (χ2n) is 12.2. The Morgan fingerprint density at radius 1 is 0.739 bits per heavy atom. The highest BCUT2D eigenvalue weighted by atomic mass is 16.4. The molecular weight excluding hydrogens is 568 g/mol. The lowest BCUT2D eigenvalue weighted by Crippen LogP contribution is -2.12. The summed E-state index contributed by atoms with van der Waals surface area (Å²) >= 11 is 0. The first-order valence-corrected chi connectivity index (χ1v) is 16.8. The van der Waals surface area contributed by atoms with Gasteiger partial charge in [-0.1, -0.05) is 106 Å². The largest absolute Gasteiger partial charge is 0.478 e. The van der Waals surface area contributed by atoms with Gasteiger partial charge in [-0.2, -0.15) is 0 Å². The summed E-state index contributed by atoms with van der Waals surface area (Å²) in [5, 5.41) is 8.66. The molecule has 1 heterocycles. The van der Waals surface area contributed by atoms with Gasteiger partial charge in [-0.3, -0.25) is 4.79 Å². The smallest absolute Gasteiger partial charge is 0.335 e. The predicted octanol–water partition coefficient (Wildman–Crippen LogP) is 9.75. The van der Waals surface area contributed by atoms with Crippen molar-refractivity contribution in [1.82, 2.24) is 9.55 Å².